The van der Waals surface area contributed by atoms with Crippen molar-refractivity contribution in [2.24, 2.45) is 0 Å². The van der Waals surface area contributed by atoms with E-state index >= 15 is 0 Å². The van der Waals surface area contributed by atoms with E-state index in [0.717, 1.165) is 44.3 Å². The monoisotopic (exact) mass is 612 g/mol. The average Bonchev–Trinajstić information content (AvgIpc) is 3.89. The molecule has 0 saturated heterocycles. The van der Waals surface area contributed by atoms with Crippen LogP contribution in [0.3, 0.4) is 0 Å². The van der Waals surface area contributed by atoms with Crippen LogP contribution in [0.15, 0.2) is 124 Å². The molecule has 1 aliphatic carbocycles. The highest BCUT2D eigenvalue weighted by Gasteiger charge is 2.48. The Morgan fingerprint density at radius 1 is 0.604 bits per heavy atom. The molecule has 0 N–H and O–H groups in total. The summed E-state index contributed by atoms with van der Waals surface area (Å²) in [5.74, 6) is 0. The van der Waals surface area contributed by atoms with Gasteiger partial charge in [0.1, 0.15) is 11.2 Å². The van der Waals surface area contributed by atoms with E-state index in [4.69, 9.17) is 8.83 Å². The van der Waals surface area contributed by atoms with Crippen LogP contribution in [0.4, 0.5) is 0 Å². The van der Waals surface area contributed by atoms with Crippen LogP contribution in [-0.4, -0.2) is 15.9 Å². The number of para-hydroxylation sites is 4. The van der Waals surface area contributed by atoms with Gasteiger partial charge in [0.2, 0.25) is 0 Å². The predicted octanol–water partition coefficient (Wildman–Crippen LogP) is 9.64. The first-order valence-electron chi connectivity index (χ1n) is 16.8. The fourth-order valence-corrected chi connectivity index (χ4v) is 10.1. The third-order valence-electron chi connectivity index (χ3n) is 11.9. The van der Waals surface area contributed by atoms with Gasteiger partial charge in [-0.15, -0.1) is 0 Å². The Kier molecular flexibility index (Phi) is 3.85. The van der Waals surface area contributed by atoms with E-state index in [9.17, 15) is 0 Å². The number of benzene rings is 6. The van der Waals surface area contributed by atoms with Gasteiger partial charge < -0.3 is 17.9 Å². The van der Waals surface area contributed by atoms with E-state index < -0.39 is 0 Å². The van der Waals surface area contributed by atoms with Crippen molar-refractivity contribution in [3.8, 4) is 28.1 Å². The van der Waals surface area contributed by atoms with Crippen molar-refractivity contribution in [1.29, 1.82) is 0 Å². The lowest BCUT2D eigenvalue weighted by Crippen LogP contribution is -2.55. The Morgan fingerprint density at radius 2 is 1.31 bits per heavy atom. The second-order valence-corrected chi connectivity index (χ2v) is 14.4. The summed E-state index contributed by atoms with van der Waals surface area (Å²) in [4.78, 5) is 0. The molecule has 6 aromatic carbocycles. The molecule has 4 nitrogen and oxygen atoms in total. The van der Waals surface area contributed by atoms with Crippen molar-refractivity contribution in [2.75, 3.05) is 0 Å². The highest BCUT2D eigenvalue weighted by Crippen LogP contribution is 2.55. The van der Waals surface area contributed by atoms with Gasteiger partial charge in [-0.05, 0) is 45.8 Å². The smallest absolute Gasteiger partial charge is 0.336 e. The lowest BCUT2D eigenvalue weighted by molar-refractivity contribution is 0.650. The number of hydrogen-bond acceptors (Lipinski definition) is 2. The van der Waals surface area contributed by atoms with E-state index in [-0.39, 0.29) is 12.3 Å². The summed E-state index contributed by atoms with van der Waals surface area (Å²) in [7, 11) is 0. The summed E-state index contributed by atoms with van der Waals surface area (Å²) >= 11 is 0. The standard InChI is InChI=1S/C43H25BN2O2/c1-43(2)30-17-6-3-12-24(30)39-35(43)27-16-10-18-31-38(27)45(39)40-36-28(21-29-22-11-4-7-19-32(22)47-41(29)40)23-14-9-15-26-34-25-13-5-8-20-33(25)48-42(34)46(37(23)26)44(31)36/h3-21H,1-2H3. The molecule has 4 aromatic heterocycles. The van der Waals surface area contributed by atoms with Gasteiger partial charge in [-0.25, -0.2) is 0 Å². The van der Waals surface area contributed by atoms with E-state index in [1.165, 1.54) is 71.6 Å². The van der Waals surface area contributed by atoms with Crippen molar-refractivity contribution in [2.45, 2.75) is 19.3 Å². The van der Waals surface area contributed by atoms with E-state index in [2.05, 4.69) is 138 Å². The normalized spacial score (nSPS) is 15.0. The molecule has 48 heavy (non-hydrogen) atoms. The summed E-state index contributed by atoms with van der Waals surface area (Å²) in [6, 6.07) is 42.1. The molecule has 5 heteroatoms. The maximum Gasteiger partial charge on any atom is 0.336 e. The molecule has 0 amide bonds. The maximum atomic E-state index is 6.96. The van der Waals surface area contributed by atoms with Crippen LogP contribution in [0.5, 0.6) is 0 Å². The fourth-order valence-electron chi connectivity index (χ4n) is 10.1. The molecule has 3 aliphatic rings. The van der Waals surface area contributed by atoms with Crippen LogP contribution >= 0.6 is 0 Å². The molecule has 6 heterocycles. The minimum Gasteiger partial charge on any atom is -0.454 e. The van der Waals surface area contributed by atoms with E-state index in [1.807, 2.05) is 0 Å². The topological polar surface area (TPSA) is 36.1 Å². The average molecular weight is 612 g/mol. The Balaban J connectivity index is 1.33. The molecule has 2 aliphatic heterocycles. The number of fused-ring (bicyclic) bond motifs is 18. The molecule has 13 rings (SSSR count). The van der Waals surface area contributed by atoms with Crippen LogP contribution in [0.25, 0.3) is 93.9 Å². The number of hydrogen-bond donors (Lipinski definition) is 0. The summed E-state index contributed by atoms with van der Waals surface area (Å²) in [6.45, 7) is 4.69. The van der Waals surface area contributed by atoms with Gasteiger partial charge in [-0.1, -0.05) is 111 Å². The third-order valence-corrected chi connectivity index (χ3v) is 11.9. The first-order chi connectivity index (χ1) is 23.6. The minimum absolute atomic E-state index is 0.0901. The molecule has 0 radical (unpaired) electrons. The quantitative estimate of drug-likeness (QED) is 0.160. The largest absolute Gasteiger partial charge is 0.454 e. The van der Waals surface area contributed by atoms with Crippen molar-refractivity contribution in [3.05, 3.63) is 126 Å². The van der Waals surface area contributed by atoms with Crippen molar-refractivity contribution in [1.82, 2.24) is 9.05 Å². The molecular formula is C43H25BN2O2. The maximum absolute atomic E-state index is 6.96. The summed E-state index contributed by atoms with van der Waals surface area (Å²) < 4.78 is 18.9. The van der Waals surface area contributed by atoms with Gasteiger partial charge in [-0.3, -0.25) is 0 Å². The molecule has 0 saturated carbocycles. The van der Waals surface area contributed by atoms with Crippen LogP contribution in [0, 0.1) is 0 Å². The highest BCUT2D eigenvalue weighted by atomic mass is 16.3. The van der Waals surface area contributed by atoms with Crippen molar-refractivity contribution in [3.63, 3.8) is 0 Å². The number of nitrogens with zero attached hydrogens (tertiary/aromatic N) is 2. The highest BCUT2D eigenvalue weighted by molar-refractivity contribution is 6.90. The van der Waals surface area contributed by atoms with Gasteiger partial charge in [0, 0.05) is 49.0 Å². The molecule has 222 valence electrons. The van der Waals surface area contributed by atoms with Gasteiger partial charge in [0.25, 0.3) is 0 Å². The van der Waals surface area contributed by atoms with Crippen LogP contribution in [-0.2, 0) is 5.41 Å². The molecule has 0 bridgehead atoms. The zero-order chi connectivity index (χ0) is 31.2. The SMILES string of the molecule is CC1(C)c2ccccc2-c2c1c1cccc3c1n2-c1c2c(cc4c1oc1ccccc14)-c1cccc4c5c6ccccc6oc5n(c14)B23. The van der Waals surface area contributed by atoms with E-state index in [1.54, 1.807) is 0 Å². The van der Waals surface area contributed by atoms with Gasteiger partial charge in [0.05, 0.1) is 22.3 Å². The zero-order valence-corrected chi connectivity index (χ0v) is 26.3. The first kappa shape index (κ1) is 24.3. The summed E-state index contributed by atoms with van der Waals surface area (Å²) in [5.41, 5.74) is 17.7. The third kappa shape index (κ3) is 2.42. The Labute approximate surface area is 274 Å². The molecular weight excluding hydrogens is 587 g/mol. The Hall–Kier alpha value is -5.94. The lowest BCUT2D eigenvalue weighted by Gasteiger charge is -2.33. The van der Waals surface area contributed by atoms with Crippen LogP contribution < -0.4 is 10.9 Å². The summed E-state index contributed by atoms with van der Waals surface area (Å²) in [5, 5.41) is 7.21. The van der Waals surface area contributed by atoms with Crippen LogP contribution in [0.2, 0.25) is 0 Å². The minimum atomic E-state index is -0.158. The summed E-state index contributed by atoms with van der Waals surface area (Å²) in [6.07, 6.45) is 0. The molecule has 0 spiro atoms. The predicted molar refractivity (Wildman–Crippen MR) is 197 cm³/mol. The Morgan fingerprint density at radius 3 is 2.21 bits per heavy atom. The number of aromatic nitrogens is 2. The van der Waals surface area contributed by atoms with Gasteiger partial charge >= 0.3 is 6.85 Å². The number of rotatable bonds is 0. The van der Waals surface area contributed by atoms with Crippen molar-refractivity contribution >= 4 is 83.6 Å². The van der Waals surface area contributed by atoms with Gasteiger partial charge in [0.15, 0.2) is 11.3 Å². The fraction of sp³-hybridized carbons (Fsp3) is 0.0698. The molecule has 10 aromatic rings. The lowest BCUT2D eigenvalue weighted by atomic mass is 9.45. The van der Waals surface area contributed by atoms with Crippen LogP contribution in [0.1, 0.15) is 25.0 Å². The second kappa shape index (κ2) is 7.61. The van der Waals surface area contributed by atoms with Crippen molar-refractivity contribution < 1.29 is 8.83 Å². The molecule has 0 atom stereocenters. The number of furan rings is 2. The Bertz CT molecular complexity index is 3160. The first-order valence-corrected chi connectivity index (χ1v) is 16.8. The zero-order valence-electron chi connectivity index (χ0n) is 26.3. The molecule has 0 fully saturated rings. The second-order valence-electron chi connectivity index (χ2n) is 14.4. The van der Waals surface area contributed by atoms with Gasteiger partial charge in [-0.2, -0.15) is 0 Å². The van der Waals surface area contributed by atoms with E-state index in [0.29, 0.717) is 0 Å². The molecule has 0 unspecified atom stereocenters.